The quantitative estimate of drug-likeness (QED) is 0.222. The second kappa shape index (κ2) is 10.0. The zero-order valence-corrected chi connectivity index (χ0v) is 24.4. The molecule has 212 valence electrons. The van der Waals surface area contributed by atoms with E-state index in [0.717, 1.165) is 61.0 Å². The molecule has 0 fully saturated rings. The van der Waals surface area contributed by atoms with Gasteiger partial charge < -0.3 is 14.2 Å². The number of benzene rings is 7. The van der Waals surface area contributed by atoms with Gasteiger partial charge in [-0.15, -0.1) is 0 Å². The molecule has 0 aliphatic rings. The van der Waals surface area contributed by atoms with Gasteiger partial charge in [-0.05, 0) is 71.3 Å². The monoisotopic (exact) mass is 576 g/mol. The summed E-state index contributed by atoms with van der Waals surface area (Å²) < 4.78 is 4.67. The molecular weight excluding hydrogens is 548 g/mol. The predicted molar refractivity (Wildman–Crippen MR) is 188 cm³/mol. The Morgan fingerprint density at radius 3 is 1.71 bits per heavy atom. The zero-order chi connectivity index (χ0) is 29.9. The van der Waals surface area contributed by atoms with Crippen LogP contribution in [-0.2, 0) is 0 Å². The summed E-state index contributed by atoms with van der Waals surface area (Å²) in [6.45, 7) is 0. The van der Waals surface area contributed by atoms with E-state index in [-0.39, 0.29) is 5.75 Å². The van der Waals surface area contributed by atoms with Crippen molar-refractivity contribution in [1.29, 1.82) is 0 Å². The van der Waals surface area contributed by atoms with Crippen LogP contribution in [0.1, 0.15) is 0 Å². The molecule has 1 N–H and O–H groups in total. The number of rotatable bonds is 4. The van der Waals surface area contributed by atoms with E-state index in [1.54, 1.807) is 0 Å². The minimum absolute atomic E-state index is 0.261. The van der Waals surface area contributed by atoms with Gasteiger partial charge in [0, 0.05) is 38.5 Å². The Balaban J connectivity index is 1.39. The summed E-state index contributed by atoms with van der Waals surface area (Å²) in [4.78, 5) is 0. The number of para-hydroxylation sites is 3. The van der Waals surface area contributed by atoms with Gasteiger partial charge in [0.2, 0.25) is 0 Å². The lowest BCUT2D eigenvalue weighted by atomic mass is 9.92. The van der Waals surface area contributed by atoms with E-state index in [1.807, 2.05) is 12.1 Å². The number of nitrogens with zero attached hydrogens (tertiary/aromatic N) is 2. The highest BCUT2D eigenvalue weighted by Gasteiger charge is 2.22. The van der Waals surface area contributed by atoms with Crippen LogP contribution in [0.3, 0.4) is 0 Å². The van der Waals surface area contributed by atoms with Gasteiger partial charge in [-0.1, -0.05) is 109 Å². The number of fused-ring (bicyclic) bond motifs is 6. The minimum atomic E-state index is 0.261. The molecule has 45 heavy (non-hydrogen) atoms. The zero-order valence-electron chi connectivity index (χ0n) is 24.4. The first-order chi connectivity index (χ1) is 22.3. The molecule has 3 heteroatoms. The van der Waals surface area contributed by atoms with Crippen molar-refractivity contribution in [2.75, 3.05) is 0 Å². The van der Waals surface area contributed by atoms with E-state index in [2.05, 4.69) is 161 Å². The summed E-state index contributed by atoms with van der Waals surface area (Å²) in [5.41, 5.74) is 10.6. The van der Waals surface area contributed by atoms with Crippen molar-refractivity contribution in [1.82, 2.24) is 9.13 Å². The van der Waals surface area contributed by atoms with Gasteiger partial charge in [-0.2, -0.15) is 0 Å². The maximum absolute atomic E-state index is 11.7. The van der Waals surface area contributed by atoms with E-state index in [9.17, 15) is 5.11 Å². The lowest BCUT2D eigenvalue weighted by Gasteiger charge is -2.16. The fraction of sp³-hybridized carbons (Fsp3) is 0. The molecule has 0 atom stereocenters. The van der Waals surface area contributed by atoms with Crippen molar-refractivity contribution in [3.05, 3.63) is 164 Å². The van der Waals surface area contributed by atoms with E-state index >= 15 is 0 Å². The van der Waals surface area contributed by atoms with Crippen LogP contribution in [0, 0.1) is 0 Å². The smallest absolute Gasteiger partial charge is 0.125 e. The lowest BCUT2D eigenvalue weighted by molar-refractivity contribution is 0.478. The third-order valence-corrected chi connectivity index (χ3v) is 9.02. The van der Waals surface area contributed by atoms with Crippen molar-refractivity contribution < 1.29 is 5.11 Å². The highest BCUT2D eigenvalue weighted by molar-refractivity contribution is 6.16. The molecule has 0 saturated carbocycles. The third-order valence-electron chi connectivity index (χ3n) is 9.02. The van der Waals surface area contributed by atoms with E-state index in [4.69, 9.17) is 0 Å². The first kappa shape index (κ1) is 25.4. The molecule has 0 aliphatic heterocycles. The van der Waals surface area contributed by atoms with Crippen LogP contribution in [-0.4, -0.2) is 14.2 Å². The highest BCUT2D eigenvalue weighted by atomic mass is 16.3. The second-order valence-electron chi connectivity index (χ2n) is 11.5. The molecule has 2 heterocycles. The summed E-state index contributed by atoms with van der Waals surface area (Å²) in [5.74, 6) is 0.261. The molecular formula is C42H28N2O. The van der Waals surface area contributed by atoms with E-state index < -0.39 is 0 Å². The standard InChI is InChI=1S/C42H28N2O/c45-40-26-24-35-32-18-9-12-22-38(32)44(42(35)41(40)34-20-8-7-17-31(34)28-13-3-1-4-14-28)30-23-25-39-36(27-30)33-19-10-11-21-37(33)43(39)29-15-5-2-6-16-29/h1-27,45H. The van der Waals surface area contributed by atoms with E-state index in [1.165, 1.54) is 16.3 Å². The number of hydrogen-bond donors (Lipinski definition) is 1. The number of phenols is 1. The summed E-state index contributed by atoms with van der Waals surface area (Å²) >= 11 is 0. The average Bonchev–Trinajstić information content (AvgIpc) is 3.61. The molecule has 0 amide bonds. The van der Waals surface area contributed by atoms with Gasteiger partial charge in [-0.25, -0.2) is 0 Å². The molecule has 0 spiro atoms. The van der Waals surface area contributed by atoms with Crippen molar-refractivity contribution >= 4 is 43.6 Å². The van der Waals surface area contributed by atoms with Gasteiger partial charge in [-0.3, -0.25) is 0 Å². The van der Waals surface area contributed by atoms with Gasteiger partial charge in [0.1, 0.15) is 5.75 Å². The molecule has 3 nitrogen and oxygen atoms in total. The summed E-state index contributed by atoms with van der Waals surface area (Å²) in [7, 11) is 0. The number of phenolic OH excluding ortho intramolecular Hbond substituents is 1. The molecule has 0 radical (unpaired) electrons. The van der Waals surface area contributed by atoms with Crippen LogP contribution in [0.4, 0.5) is 0 Å². The van der Waals surface area contributed by atoms with Gasteiger partial charge in [0.05, 0.1) is 22.1 Å². The Kier molecular flexibility index (Phi) is 5.66. The Labute approximate surface area is 260 Å². The van der Waals surface area contributed by atoms with Crippen molar-refractivity contribution in [3.8, 4) is 39.4 Å². The number of aromatic hydroxyl groups is 1. The fourth-order valence-corrected chi connectivity index (χ4v) is 7.11. The predicted octanol–water partition coefficient (Wildman–Crippen LogP) is 10.9. The van der Waals surface area contributed by atoms with Crippen LogP contribution in [0.5, 0.6) is 5.75 Å². The summed E-state index contributed by atoms with van der Waals surface area (Å²) in [6.07, 6.45) is 0. The number of aromatic nitrogens is 2. The van der Waals surface area contributed by atoms with Crippen LogP contribution < -0.4 is 0 Å². The highest BCUT2D eigenvalue weighted by Crippen LogP contribution is 2.46. The average molecular weight is 577 g/mol. The Hall–Kier alpha value is -6.06. The molecule has 9 aromatic rings. The molecule has 2 aromatic heterocycles. The van der Waals surface area contributed by atoms with E-state index in [0.29, 0.717) is 0 Å². The third kappa shape index (κ3) is 3.84. The minimum Gasteiger partial charge on any atom is -0.507 e. The summed E-state index contributed by atoms with van der Waals surface area (Å²) in [6, 6.07) is 57.1. The van der Waals surface area contributed by atoms with Gasteiger partial charge in [0.15, 0.2) is 0 Å². The van der Waals surface area contributed by atoms with Crippen LogP contribution >= 0.6 is 0 Å². The second-order valence-corrected chi connectivity index (χ2v) is 11.5. The fourth-order valence-electron chi connectivity index (χ4n) is 7.11. The Morgan fingerprint density at radius 2 is 0.956 bits per heavy atom. The SMILES string of the molecule is Oc1ccc2c3ccccc3n(-c3ccc4c(c3)c3ccccc3n4-c3ccccc3)c2c1-c1ccccc1-c1ccccc1. The largest absolute Gasteiger partial charge is 0.507 e. The number of hydrogen-bond acceptors (Lipinski definition) is 1. The van der Waals surface area contributed by atoms with Crippen molar-refractivity contribution in [2.45, 2.75) is 0 Å². The molecule has 0 aliphatic carbocycles. The topological polar surface area (TPSA) is 30.1 Å². The molecule has 0 saturated heterocycles. The van der Waals surface area contributed by atoms with Crippen molar-refractivity contribution in [3.63, 3.8) is 0 Å². The van der Waals surface area contributed by atoms with Gasteiger partial charge in [0.25, 0.3) is 0 Å². The van der Waals surface area contributed by atoms with Crippen molar-refractivity contribution in [2.24, 2.45) is 0 Å². The maximum atomic E-state index is 11.7. The normalized spacial score (nSPS) is 11.6. The summed E-state index contributed by atoms with van der Waals surface area (Å²) in [5, 5.41) is 16.3. The first-order valence-corrected chi connectivity index (χ1v) is 15.3. The van der Waals surface area contributed by atoms with Crippen LogP contribution in [0.2, 0.25) is 0 Å². The Bertz CT molecular complexity index is 2540. The first-order valence-electron chi connectivity index (χ1n) is 15.3. The molecule has 0 unspecified atom stereocenters. The molecule has 9 rings (SSSR count). The van der Waals surface area contributed by atoms with Gasteiger partial charge >= 0.3 is 0 Å². The molecule has 7 aromatic carbocycles. The molecule has 0 bridgehead atoms. The maximum Gasteiger partial charge on any atom is 0.125 e. The van der Waals surface area contributed by atoms with Crippen LogP contribution in [0.25, 0.3) is 77.2 Å². The Morgan fingerprint density at radius 1 is 0.378 bits per heavy atom. The van der Waals surface area contributed by atoms with Crippen LogP contribution in [0.15, 0.2) is 164 Å². The lowest BCUT2D eigenvalue weighted by Crippen LogP contribution is -1.97.